The summed E-state index contributed by atoms with van der Waals surface area (Å²) < 4.78 is 1.73. The molecule has 110 valence electrons. The lowest BCUT2D eigenvalue weighted by atomic mass is 10.1. The molecule has 0 bridgehead atoms. The molecule has 5 nitrogen and oxygen atoms in total. The second-order valence-electron chi connectivity index (χ2n) is 5.09. The lowest BCUT2D eigenvalue weighted by Crippen LogP contribution is -2.17. The van der Waals surface area contributed by atoms with Crippen molar-refractivity contribution < 1.29 is 9.59 Å². The molecule has 0 radical (unpaired) electrons. The van der Waals surface area contributed by atoms with Gasteiger partial charge < -0.3 is 5.32 Å². The van der Waals surface area contributed by atoms with Gasteiger partial charge in [0.2, 0.25) is 5.91 Å². The number of amides is 1. The molecule has 2 rings (SSSR count). The van der Waals surface area contributed by atoms with Gasteiger partial charge in [-0.05, 0) is 13.8 Å². The fourth-order valence-corrected chi connectivity index (χ4v) is 2.03. The highest BCUT2D eigenvalue weighted by molar-refractivity contribution is 5.99. The highest BCUT2D eigenvalue weighted by Gasteiger charge is 2.12. The molecule has 5 heteroatoms. The first-order chi connectivity index (χ1) is 10.1. The largest absolute Gasteiger partial charge is 0.311 e. The Labute approximate surface area is 124 Å². The summed E-state index contributed by atoms with van der Waals surface area (Å²) in [5.41, 5.74) is 0.637. The molecule has 1 aromatic heterocycles. The van der Waals surface area contributed by atoms with Crippen LogP contribution in [-0.2, 0) is 4.79 Å². The number of ketones is 1. The van der Waals surface area contributed by atoms with Crippen LogP contribution in [0.1, 0.15) is 43.1 Å². The summed E-state index contributed by atoms with van der Waals surface area (Å²) >= 11 is 0. The Morgan fingerprint density at radius 2 is 1.86 bits per heavy atom. The van der Waals surface area contributed by atoms with Crippen LogP contribution in [0.15, 0.2) is 42.6 Å². The number of benzene rings is 1. The zero-order chi connectivity index (χ0) is 15.2. The van der Waals surface area contributed by atoms with Crippen LogP contribution in [0, 0.1) is 0 Å². The number of carbonyl (C=O) groups excluding carboxylic acids is 2. The maximum atomic E-state index is 11.9. The first-order valence-corrected chi connectivity index (χ1v) is 6.99. The van der Waals surface area contributed by atoms with E-state index in [1.54, 1.807) is 29.1 Å². The van der Waals surface area contributed by atoms with Gasteiger partial charge in [-0.2, -0.15) is 5.10 Å². The molecule has 1 aromatic carbocycles. The lowest BCUT2D eigenvalue weighted by Gasteiger charge is -2.11. The number of Topliss-reactive ketones (excluding diaryl/α,β-unsaturated/α-hetero) is 1. The van der Waals surface area contributed by atoms with Crippen LogP contribution in [0.2, 0.25) is 0 Å². The molecule has 0 saturated heterocycles. The standard InChI is InChI=1S/C16H19N3O2/c1-12(2)19-15(10-11-17-19)18-16(21)9-8-14(20)13-6-4-3-5-7-13/h3-7,10-12H,8-9H2,1-2H3,(H,18,21). The third kappa shape index (κ3) is 4.02. The fourth-order valence-electron chi connectivity index (χ4n) is 2.03. The first kappa shape index (κ1) is 15.0. The first-order valence-electron chi connectivity index (χ1n) is 6.99. The van der Waals surface area contributed by atoms with Crippen molar-refractivity contribution in [3.63, 3.8) is 0 Å². The average Bonchev–Trinajstić information content (AvgIpc) is 2.94. The molecule has 0 aliphatic carbocycles. The van der Waals surface area contributed by atoms with Crippen molar-refractivity contribution in [2.45, 2.75) is 32.7 Å². The van der Waals surface area contributed by atoms with E-state index in [2.05, 4.69) is 10.4 Å². The van der Waals surface area contributed by atoms with Gasteiger partial charge in [-0.15, -0.1) is 0 Å². The van der Waals surface area contributed by atoms with E-state index in [9.17, 15) is 9.59 Å². The van der Waals surface area contributed by atoms with E-state index in [0.29, 0.717) is 11.4 Å². The highest BCUT2D eigenvalue weighted by atomic mass is 16.2. The minimum Gasteiger partial charge on any atom is -0.311 e. The Balaban J connectivity index is 1.88. The molecule has 0 unspecified atom stereocenters. The van der Waals surface area contributed by atoms with Gasteiger partial charge in [0.15, 0.2) is 5.78 Å². The van der Waals surface area contributed by atoms with Crippen molar-refractivity contribution in [2.75, 3.05) is 5.32 Å². The molecule has 0 aliphatic heterocycles. The molecule has 0 atom stereocenters. The Bertz CT molecular complexity index is 617. The maximum absolute atomic E-state index is 11.9. The average molecular weight is 285 g/mol. The molecule has 0 spiro atoms. The van der Waals surface area contributed by atoms with Crippen molar-refractivity contribution in [2.24, 2.45) is 0 Å². The monoisotopic (exact) mass is 285 g/mol. The van der Waals surface area contributed by atoms with Gasteiger partial charge in [-0.25, -0.2) is 4.68 Å². The number of rotatable bonds is 6. The predicted octanol–water partition coefficient (Wildman–Crippen LogP) is 3.07. The molecule has 21 heavy (non-hydrogen) atoms. The van der Waals surface area contributed by atoms with Gasteiger partial charge in [-0.3, -0.25) is 9.59 Å². The van der Waals surface area contributed by atoms with Crippen molar-refractivity contribution in [1.82, 2.24) is 9.78 Å². The number of hydrogen-bond acceptors (Lipinski definition) is 3. The number of nitrogens with zero attached hydrogens (tertiary/aromatic N) is 2. The number of hydrogen-bond donors (Lipinski definition) is 1. The predicted molar refractivity (Wildman–Crippen MR) is 81.2 cm³/mol. The summed E-state index contributed by atoms with van der Waals surface area (Å²) in [6.45, 7) is 3.98. The van der Waals surface area contributed by atoms with Gasteiger partial charge in [0.1, 0.15) is 5.82 Å². The van der Waals surface area contributed by atoms with E-state index in [-0.39, 0.29) is 30.6 Å². The Morgan fingerprint density at radius 3 is 2.52 bits per heavy atom. The topological polar surface area (TPSA) is 64.0 Å². The van der Waals surface area contributed by atoms with Gasteiger partial charge in [0.05, 0.1) is 6.20 Å². The van der Waals surface area contributed by atoms with Gasteiger partial charge >= 0.3 is 0 Å². The highest BCUT2D eigenvalue weighted by Crippen LogP contribution is 2.14. The van der Waals surface area contributed by atoms with E-state index < -0.39 is 0 Å². The van der Waals surface area contributed by atoms with Crippen molar-refractivity contribution in [1.29, 1.82) is 0 Å². The normalized spacial score (nSPS) is 10.6. The number of aromatic nitrogens is 2. The third-order valence-electron chi connectivity index (χ3n) is 3.10. The zero-order valence-electron chi connectivity index (χ0n) is 12.2. The molecule has 2 aromatic rings. The Kier molecular flexibility index (Phi) is 4.87. The zero-order valence-corrected chi connectivity index (χ0v) is 12.2. The van der Waals surface area contributed by atoms with Crippen molar-refractivity contribution >= 4 is 17.5 Å². The number of carbonyl (C=O) groups is 2. The van der Waals surface area contributed by atoms with Crippen LogP contribution in [0.3, 0.4) is 0 Å². The lowest BCUT2D eigenvalue weighted by molar-refractivity contribution is -0.116. The van der Waals surface area contributed by atoms with Crippen molar-refractivity contribution in [3.8, 4) is 0 Å². The molecular weight excluding hydrogens is 266 g/mol. The maximum Gasteiger partial charge on any atom is 0.225 e. The summed E-state index contributed by atoms with van der Waals surface area (Å²) in [5.74, 6) is 0.451. The molecule has 0 aliphatic rings. The minimum atomic E-state index is -0.179. The quantitative estimate of drug-likeness (QED) is 0.830. The summed E-state index contributed by atoms with van der Waals surface area (Å²) in [7, 11) is 0. The van der Waals surface area contributed by atoms with Gasteiger partial charge in [0.25, 0.3) is 0 Å². The number of nitrogens with one attached hydrogen (secondary N) is 1. The number of anilines is 1. The fraction of sp³-hybridized carbons (Fsp3) is 0.312. The van der Waals surface area contributed by atoms with Crippen LogP contribution in [0.4, 0.5) is 5.82 Å². The molecule has 1 amide bonds. The summed E-state index contributed by atoms with van der Waals surface area (Å²) in [5, 5.41) is 6.93. The Hall–Kier alpha value is -2.43. The van der Waals surface area contributed by atoms with Crippen LogP contribution >= 0.6 is 0 Å². The summed E-state index contributed by atoms with van der Waals surface area (Å²) in [6, 6.07) is 10.9. The second-order valence-corrected chi connectivity index (χ2v) is 5.09. The minimum absolute atomic E-state index is 0.0249. The second kappa shape index (κ2) is 6.83. The SMILES string of the molecule is CC(C)n1nccc1NC(=O)CCC(=O)c1ccccc1. The van der Waals surface area contributed by atoms with E-state index >= 15 is 0 Å². The third-order valence-corrected chi connectivity index (χ3v) is 3.10. The van der Waals surface area contributed by atoms with E-state index in [1.807, 2.05) is 32.0 Å². The van der Waals surface area contributed by atoms with E-state index in [1.165, 1.54) is 0 Å². The molecular formula is C16H19N3O2. The van der Waals surface area contributed by atoms with Crippen molar-refractivity contribution in [3.05, 3.63) is 48.2 Å². The molecule has 1 N–H and O–H groups in total. The van der Waals surface area contributed by atoms with Gasteiger partial charge in [0, 0.05) is 30.5 Å². The Morgan fingerprint density at radius 1 is 1.14 bits per heavy atom. The van der Waals surface area contributed by atoms with Crippen LogP contribution in [0.25, 0.3) is 0 Å². The van der Waals surface area contributed by atoms with E-state index in [4.69, 9.17) is 0 Å². The van der Waals surface area contributed by atoms with Crippen LogP contribution in [0.5, 0.6) is 0 Å². The molecule has 1 heterocycles. The van der Waals surface area contributed by atoms with Crippen LogP contribution < -0.4 is 5.32 Å². The summed E-state index contributed by atoms with van der Waals surface area (Å²) in [6.07, 6.45) is 2.01. The van der Waals surface area contributed by atoms with E-state index in [0.717, 1.165) is 0 Å². The summed E-state index contributed by atoms with van der Waals surface area (Å²) in [4.78, 5) is 23.8. The van der Waals surface area contributed by atoms with Gasteiger partial charge in [-0.1, -0.05) is 30.3 Å². The van der Waals surface area contributed by atoms with Crippen LogP contribution in [-0.4, -0.2) is 21.5 Å². The smallest absolute Gasteiger partial charge is 0.225 e. The molecule has 0 saturated carbocycles. The molecule has 0 fully saturated rings.